The number of piperidine rings is 1. The predicted molar refractivity (Wildman–Crippen MR) is 122 cm³/mol. The maximum atomic E-state index is 12.7. The van der Waals surface area contributed by atoms with Crippen molar-refractivity contribution in [3.05, 3.63) is 58.1 Å². The molecule has 4 rings (SSSR count). The van der Waals surface area contributed by atoms with Crippen LogP contribution in [0.5, 0.6) is 0 Å². The summed E-state index contributed by atoms with van der Waals surface area (Å²) >= 11 is 0. The number of nitrogens with zero attached hydrogens (tertiary/aromatic N) is 3. The summed E-state index contributed by atoms with van der Waals surface area (Å²) in [5, 5.41) is 14.3. The van der Waals surface area contributed by atoms with E-state index in [0.717, 1.165) is 45.2 Å². The van der Waals surface area contributed by atoms with E-state index in [2.05, 4.69) is 5.32 Å². The SMILES string of the molecule is O=C(Nc1ccc(S(=O)(=O)N2CCCC2)cc1)c1ccc(N2CCCCC2)c([N+](=O)[O-])c1. The second-order valence-corrected chi connectivity index (χ2v) is 10.0. The highest BCUT2D eigenvalue weighted by molar-refractivity contribution is 7.89. The zero-order valence-corrected chi connectivity index (χ0v) is 18.5. The minimum Gasteiger partial charge on any atom is -0.366 e. The molecule has 10 heteroatoms. The van der Waals surface area contributed by atoms with E-state index in [1.54, 1.807) is 12.1 Å². The van der Waals surface area contributed by atoms with Gasteiger partial charge in [-0.1, -0.05) is 0 Å². The van der Waals surface area contributed by atoms with Crippen LogP contribution in [-0.2, 0) is 10.0 Å². The van der Waals surface area contributed by atoms with Crippen molar-refractivity contribution in [3.63, 3.8) is 0 Å². The highest BCUT2D eigenvalue weighted by atomic mass is 32.2. The molecule has 9 nitrogen and oxygen atoms in total. The molecular weight excluding hydrogens is 432 g/mol. The Morgan fingerprint density at radius 3 is 2.16 bits per heavy atom. The van der Waals surface area contributed by atoms with Crippen LogP contribution in [0.15, 0.2) is 47.4 Å². The first-order valence-corrected chi connectivity index (χ1v) is 12.3. The Hall–Kier alpha value is -2.98. The van der Waals surface area contributed by atoms with Gasteiger partial charge in [0.15, 0.2) is 0 Å². The number of nitro groups is 1. The van der Waals surface area contributed by atoms with Crippen LogP contribution in [0.1, 0.15) is 42.5 Å². The molecule has 2 aromatic rings. The molecule has 32 heavy (non-hydrogen) atoms. The smallest absolute Gasteiger partial charge is 0.293 e. The molecule has 0 aliphatic carbocycles. The van der Waals surface area contributed by atoms with Crippen LogP contribution in [-0.4, -0.2) is 49.7 Å². The van der Waals surface area contributed by atoms with Crippen molar-refractivity contribution in [2.45, 2.75) is 37.0 Å². The van der Waals surface area contributed by atoms with E-state index in [4.69, 9.17) is 0 Å². The van der Waals surface area contributed by atoms with Gasteiger partial charge < -0.3 is 10.2 Å². The second kappa shape index (κ2) is 9.25. The fourth-order valence-electron chi connectivity index (χ4n) is 4.20. The van der Waals surface area contributed by atoms with Gasteiger partial charge in [-0.2, -0.15) is 4.31 Å². The summed E-state index contributed by atoms with van der Waals surface area (Å²) < 4.78 is 26.7. The molecule has 0 saturated carbocycles. The Morgan fingerprint density at radius 2 is 1.53 bits per heavy atom. The van der Waals surface area contributed by atoms with Gasteiger partial charge in [0, 0.05) is 43.5 Å². The van der Waals surface area contributed by atoms with Crippen molar-refractivity contribution >= 4 is 33.0 Å². The lowest BCUT2D eigenvalue weighted by Crippen LogP contribution is -2.30. The summed E-state index contributed by atoms with van der Waals surface area (Å²) in [7, 11) is -3.53. The van der Waals surface area contributed by atoms with Crippen LogP contribution in [0.4, 0.5) is 17.1 Å². The number of sulfonamides is 1. The first-order valence-electron chi connectivity index (χ1n) is 10.8. The third-order valence-electron chi connectivity index (χ3n) is 5.95. The molecule has 0 spiro atoms. The molecule has 0 radical (unpaired) electrons. The van der Waals surface area contributed by atoms with Crippen LogP contribution in [0.25, 0.3) is 0 Å². The van der Waals surface area contributed by atoms with E-state index in [0.29, 0.717) is 24.5 Å². The standard InChI is InChI=1S/C22H26N4O5S/c27-22(17-6-11-20(21(16-17)26(28)29)24-12-2-1-3-13-24)23-18-7-9-19(10-8-18)32(30,31)25-14-4-5-15-25/h6-11,16H,1-5,12-15H2,(H,23,27). The third-order valence-corrected chi connectivity index (χ3v) is 7.86. The maximum Gasteiger partial charge on any atom is 0.293 e. The highest BCUT2D eigenvalue weighted by Crippen LogP contribution is 2.31. The molecule has 2 aliphatic rings. The molecule has 2 heterocycles. The van der Waals surface area contributed by atoms with E-state index in [9.17, 15) is 23.3 Å². The molecule has 1 N–H and O–H groups in total. The zero-order chi connectivity index (χ0) is 22.7. The minimum absolute atomic E-state index is 0.0911. The Morgan fingerprint density at radius 1 is 0.906 bits per heavy atom. The summed E-state index contributed by atoms with van der Waals surface area (Å²) in [5.74, 6) is -0.492. The van der Waals surface area contributed by atoms with Gasteiger partial charge in [0.25, 0.3) is 11.6 Å². The number of carbonyl (C=O) groups is 1. The largest absolute Gasteiger partial charge is 0.366 e. The van der Waals surface area contributed by atoms with E-state index >= 15 is 0 Å². The Labute approximate surface area is 187 Å². The molecule has 170 valence electrons. The molecule has 0 aromatic heterocycles. The molecule has 2 saturated heterocycles. The number of benzene rings is 2. The molecule has 1 amide bonds. The number of hydrogen-bond acceptors (Lipinski definition) is 6. The number of rotatable bonds is 6. The molecule has 2 aliphatic heterocycles. The number of nitrogens with one attached hydrogen (secondary N) is 1. The Balaban J connectivity index is 1.50. The number of amides is 1. The quantitative estimate of drug-likeness (QED) is 0.523. The number of carbonyl (C=O) groups excluding carboxylic acids is 1. The van der Waals surface area contributed by atoms with Crippen LogP contribution in [0.3, 0.4) is 0 Å². The van der Waals surface area contributed by atoms with E-state index in [-0.39, 0.29) is 16.1 Å². The van der Waals surface area contributed by atoms with Gasteiger partial charge >= 0.3 is 0 Å². The van der Waals surface area contributed by atoms with Crippen LogP contribution in [0, 0.1) is 10.1 Å². The zero-order valence-electron chi connectivity index (χ0n) is 17.7. The van der Waals surface area contributed by atoms with Gasteiger partial charge in [0.2, 0.25) is 10.0 Å². The topological polar surface area (TPSA) is 113 Å². The number of anilines is 2. The number of hydrogen-bond donors (Lipinski definition) is 1. The van der Waals surface area contributed by atoms with Gasteiger partial charge in [-0.05, 0) is 68.5 Å². The van der Waals surface area contributed by atoms with Crippen molar-refractivity contribution in [1.29, 1.82) is 0 Å². The molecule has 2 aromatic carbocycles. The van der Waals surface area contributed by atoms with Gasteiger partial charge in [-0.25, -0.2) is 8.42 Å². The normalized spacial score (nSPS) is 17.3. The maximum absolute atomic E-state index is 12.7. The van der Waals surface area contributed by atoms with Gasteiger partial charge in [0.05, 0.1) is 9.82 Å². The average Bonchev–Trinajstić information content (AvgIpc) is 3.35. The fourth-order valence-corrected chi connectivity index (χ4v) is 5.72. The van der Waals surface area contributed by atoms with E-state index in [1.165, 1.54) is 34.6 Å². The lowest BCUT2D eigenvalue weighted by atomic mass is 10.1. The fraction of sp³-hybridized carbons (Fsp3) is 0.409. The molecule has 0 bridgehead atoms. The third kappa shape index (κ3) is 4.61. The lowest BCUT2D eigenvalue weighted by Gasteiger charge is -2.28. The predicted octanol–water partition coefficient (Wildman–Crippen LogP) is 3.62. The average molecular weight is 459 g/mol. The summed E-state index contributed by atoms with van der Waals surface area (Å²) in [5.41, 5.74) is 1.03. The van der Waals surface area contributed by atoms with Crippen LogP contribution in [0.2, 0.25) is 0 Å². The Bertz CT molecular complexity index is 1110. The first kappa shape index (κ1) is 22.2. The van der Waals surface area contributed by atoms with Crippen molar-refractivity contribution < 1.29 is 18.1 Å². The monoisotopic (exact) mass is 458 g/mol. The van der Waals surface area contributed by atoms with Crippen molar-refractivity contribution in [1.82, 2.24) is 4.31 Å². The van der Waals surface area contributed by atoms with E-state index in [1.807, 2.05) is 4.90 Å². The second-order valence-electron chi connectivity index (χ2n) is 8.10. The number of nitro benzene ring substituents is 1. The lowest BCUT2D eigenvalue weighted by molar-refractivity contribution is -0.384. The van der Waals surface area contributed by atoms with Crippen molar-refractivity contribution in [2.24, 2.45) is 0 Å². The highest BCUT2D eigenvalue weighted by Gasteiger charge is 2.27. The van der Waals surface area contributed by atoms with Crippen molar-refractivity contribution in [2.75, 3.05) is 36.4 Å². The molecule has 2 fully saturated rings. The van der Waals surface area contributed by atoms with Crippen LogP contribution < -0.4 is 10.2 Å². The summed E-state index contributed by atoms with van der Waals surface area (Å²) in [4.78, 5) is 26.0. The molecule has 0 unspecified atom stereocenters. The van der Waals surface area contributed by atoms with Crippen LogP contribution >= 0.6 is 0 Å². The summed E-state index contributed by atoms with van der Waals surface area (Å²) in [6.07, 6.45) is 4.81. The summed E-state index contributed by atoms with van der Waals surface area (Å²) in [6.45, 7) is 2.57. The van der Waals surface area contributed by atoms with Gasteiger partial charge in [-0.15, -0.1) is 0 Å². The van der Waals surface area contributed by atoms with Crippen molar-refractivity contribution in [3.8, 4) is 0 Å². The minimum atomic E-state index is -3.53. The molecular formula is C22H26N4O5S. The first-order chi connectivity index (χ1) is 15.4. The van der Waals surface area contributed by atoms with Gasteiger partial charge in [-0.3, -0.25) is 14.9 Å². The Kier molecular flexibility index (Phi) is 6.43. The van der Waals surface area contributed by atoms with Gasteiger partial charge in [0.1, 0.15) is 5.69 Å². The molecule has 0 atom stereocenters. The summed E-state index contributed by atoms with van der Waals surface area (Å²) in [6, 6.07) is 10.5. The van der Waals surface area contributed by atoms with E-state index < -0.39 is 20.9 Å².